The van der Waals surface area contributed by atoms with Gasteiger partial charge in [-0.2, -0.15) is 0 Å². The highest BCUT2D eigenvalue weighted by atomic mass is 32.2. The first-order valence-corrected chi connectivity index (χ1v) is 9.97. The van der Waals surface area contributed by atoms with Crippen LogP contribution in [0.15, 0.2) is 23.1 Å². The molecule has 7 nitrogen and oxygen atoms in total. The van der Waals surface area contributed by atoms with Crippen molar-refractivity contribution in [3.63, 3.8) is 0 Å². The van der Waals surface area contributed by atoms with Crippen molar-refractivity contribution in [2.24, 2.45) is 0 Å². The third-order valence-corrected chi connectivity index (χ3v) is 6.18. The molecule has 1 aliphatic heterocycles. The van der Waals surface area contributed by atoms with Gasteiger partial charge in [-0.15, -0.1) is 0 Å². The van der Waals surface area contributed by atoms with Crippen LogP contribution in [0, 0.1) is 6.92 Å². The molecule has 0 aliphatic carbocycles. The Morgan fingerprint density at radius 3 is 2.88 bits per heavy atom. The van der Waals surface area contributed by atoms with Crippen molar-refractivity contribution in [2.75, 3.05) is 12.9 Å². The highest BCUT2D eigenvalue weighted by molar-refractivity contribution is 7.86. The molecule has 3 unspecified atom stereocenters. The Hall–Kier alpha value is -1.51. The van der Waals surface area contributed by atoms with Gasteiger partial charge in [0.15, 0.2) is 6.29 Å². The van der Waals surface area contributed by atoms with Crippen molar-refractivity contribution in [3.05, 3.63) is 34.2 Å². The van der Waals surface area contributed by atoms with E-state index in [-0.39, 0.29) is 12.0 Å². The Morgan fingerprint density at radius 2 is 2.28 bits per heavy atom. The first kappa shape index (κ1) is 19.8. The predicted molar refractivity (Wildman–Crippen MR) is 95.3 cm³/mol. The van der Waals surface area contributed by atoms with Crippen molar-refractivity contribution in [1.82, 2.24) is 10.0 Å². The maximum absolute atomic E-state index is 12.5. The quantitative estimate of drug-likeness (QED) is 0.730. The molecule has 1 fully saturated rings. The van der Waals surface area contributed by atoms with E-state index in [1.807, 2.05) is 13.0 Å². The number of carbonyl (C=O) groups is 1. The fourth-order valence-electron chi connectivity index (χ4n) is 2.54. The minimum atomic E-state index is -1.44. The highest BCUT2D eigenvalue weighted by Crippen LogP contribution is 2.20. The second-order valence-electron chi connectivity index (χ2n) is 6.52. The van der Waals surface area contributed by atoms with Crippen LogP contribution >= 0.6 is 0 Å². The van der Waals surface area contributed by atoms with Crippen LogP contribution in [0.25, 0.3) is 0 Å². The average Bonchev–Trinajstić information content (AvgIpc) is 2.59. The standard InChI is InChI=1S/C17H26N2O5S/c1-13-7-9-19(14(20)12-13)10-8-17(2,25(3)22)16(21)18-24-15-6-4-5-11-23-15/h7,9,12,15H,4-6,8,10-11H2,1-3H3,(H,18,21). The molecule has 3 atom stereocenters. The number of rotatable bonds is 7. The molecule has 1 aliphatic rings. The van der Waals surface area contributed by atoms with Gasteiger partial charge in [-0.05, 0) is 44.7 Å². The lowest BCUT2D eigenvalue weighted by atomic mass is 10.1. The molecule has 1 aromatic heterocycles. The summed E-state index contributed by atoms with van der Waals surface area (Å²) >= 11 is 0. The third kappa shape index (κ3) is 5.23. The number of hydroxylamine groups is 1. The topological polar surface area (TPSA) is 86.6 Å². The summed E-state index contributed by atoms with van der Waals surface area (Å²) < 4.78 is 17.9. The molecule has 1 amide bonds. The van der Waals surface area contributed by atoms with Gasteiger partial charge in [-0.25, -0.2) is 10.3 Å². The van der Waals surface area contributed by atoms with E-state index >= 15 is 0 Å². The number of pyridine rings is 1. The molecule has 1 N–H and O–H groups in total. The number of aryl methyl sites for hydroxylation is 2. The SMILES string of the molecule is Cc1ccn(CCC(C)(C(=O)NOC2CCCCO2)S(C)=O)c(=O)c1. The van der Waals surface area contributed by atoms with E-state index in [0.29, 0.717) is 19.6 Å². The lowest BCUT2D eigenvalue weighted by molar-refractivity contribution is -0.201. The zero-order valence-electron chi connectivity index (χ0n) is 14.9. The number of amides is 1. The molecule has 25 heavy (non-hydrogen) atoms. The van der Waals surface area contributed by atoms with E-state index in [0.717, 1.165) is 18.4 Å². The summed E-state index contributed by atoms with van der Waals surface area (Å²) in [5.74, 6) is -0.470. The minimum Gasteiger partial charge on any atom is -0.350 e. The van der Waals surface area contributed by atoms with Gasteiger partial charge in [-0.3, -0.25) is 13.8 Å². The van der Waals surface area contributed by atoms with Crippen LogP contribution in [0.2, 0.25) is 0 Å². The second kappa shape index (κ2) is 8.73. The first-order chi connectivity index (χ1) is 11.8. The van der Waals surface area contributed by atoms with Crippen molar-refractivity contribution < 1.29 is 18.6 Å². The summed E-state index contributed by atoms with van der Waals surface area (Å²) in [4.78, 5) is 29.8. The summed E-state index contributed by atoms with van der Waals surface area (Å²) in [6.07, 6.45) is 5.62. The molecular formula is C17H26N2O5S. The van der Waals surface area contributed by atoms with Crippen molar-refractivity contribution in [1.29, 1.82) is 0 Å². The van der Waals surface area contributed by atoms with Crippen LogP contribution in [0.1, 0.15) is 38.2 Å². The molecule has 0 aromatic carbocycles. The number of carbonyl (C=O) groups excluding carboxylic acids is 1. The summed E-state index contributed by atoms with van der Waals surface area (Å²) in [6.45, 7) is 4.36. The molecule has 2 heterocycles. The lowest BCUT2D eigenvalue weighted by Crippen LogP contribution is -2.49. The van der Waals surface area contributed by atoms with Gasteiger partial charge in [-0.1, -0.05) is 0 Å². The predicted octanol–water partition coefficient (Wildman–Crippen LogP) is 1.26. The van der Waals surface area contributed by atoms with Crippen molar-refractivity contribution in [2.45, 2.75) is 57.1 Å². The van der Waals surface area contributed by atoms with E-state index in [4.69, 9.17) is 9.57 Å². The van der Waals surface area contributed by atoms with Crippen LogP contribution < -0.4 is 11.0 Å². The third-order valence-electron chi connectivity index (χ3n) is 4.52. The van der Waals surface area contributed by atoms with Crippen LogP contribution in [0.4, 0.5) is 0 Å². The Morgan fingerprint density at radius 1 is 1.52 bits per heavy atom. The maximum Gasteiger partial charge on any atom is 0.262 e. The lowest BCUT2D eigenvalue weighted by Gasteiger charge is -2.28. The average molecular weight is 370 g/mol. The van der Waals surface area contributed by atoms with Crippen molar-refractivity contribution >= 4 is 16.7 Å². The monoisotopic (exact) mass is 370 g/mol. The smallest absolute Gasteiger partial charge is 0.262 e. The summed E-state index contributed by atoms with van der Waals surface area (Å²) in [7, 11) is -1.44. The van der Waals surface area contributed by atoms with Gasteiger partial charge >= 0.3 is 0 Å². The second-order valence-corrected chi connectivity index (χ2v) is 8.33. The summed E-state index contributed by atoms with van der Waals surface area (Å²) in [5, 5.41) is 0. The Kier molecular flexibility index (Phi) is 6.92. The van der Waals surface area contributed by atoms with Gasteiger partial charge in [0.2, 0.25) is 0 Å². The van der Waals surface area contributed by atoms with E-state index in [1.165, 1.54) is 16.9 Å². The number of hydrogen-bond donors (Lipinski definition) is 1. The Balaban J connectivity index is 1.99. The molecule has 0 bridgehead atoms. The van der Waals surface area contributed by atoms with Crippen molar-refractivity contribution in [3.8, 4) is 0 Å². The fraction of sp³-hybridized carbons (Fsp3) is 0.647. The fourth-order valence-corrected chi connectivity index (χ4v) is 3.23. The number of nitrogens with zero attached hydrogens (tertiary/aromatic N) is 1. The normalized spacial score (nSPS) is 21.3. The van der Waals surface area contributed by atoms with Crippen LogP contribution in [-0.2, 0) is 31.7 Å². The Labute approximate surface area is 150 Å². The number of nitrogens with one attached hydrogen (secondary N) is 1. The number of ether oxygens (including phenoxy) is 1. The molecule has 1 aromatic rings. The number of aromatic nitrogens is 1. The van der Waals surface area contributed by atoms with E-state index in [2.05, 4.69) is 5.48 Å². The summed E-state index contributed by atoms with van der Waals surface area (Å²) in [6, 6.07) is 3.36. The Bertz CT molecular complexity index is 684. The maximum atomic E-state index is 12.5. The molecule has 0 radical (unpaired) electrons. The van der Waals surface area contributed by atoms with E-state index in [1.54, 1.807) is 13.1 Å². The molecule has 1 saturated heterocycles. The van der Waals surface area contributed by atoms with Gasteiger partial charge in [0, 0.05) is 48.9 Å². The van der Waals surface area contributed by atoms with E-state index in [9.17, 15) is 13.8 Å². The van der Waals surface area contributed by atoms with Gasteiger partial charge in [0.25, 0.3) is 11.5 Å². The van der Waals surface area contributed by atoms with E-state index < -0.39 is 27.7 Å². The molecule has 2 rings (SSSR count). The largest absolute Gasteiger partial charge is 0.350 e. The molecule has 0 saturated carbocycles. The first-order valence-electron chi connectivity index (χ1n) is 8.41. The molecule has 8 heteroatoms. The van der Waals surface area contributed by atoms with Gasteiger partial charge in [0.1, 0.15) is 4.75 Å². The molecule has 0 spiro atoms. The molecule has 140 valence electrons. The summed E-state index contributed by atoms with van der Waals surface area (Å²) in [5.41, 5.74) is 3.12. The van der Waals surface area contributed by atoms with Crippen LogP contribution in [0.3, 0.4) is 0 Å². The van der Waals surface area contributed by atoms with Gasteiger partial charge < -0.3 is 9.30 Å². The zero-order valence-corrected chi connectivity index (χ0v) is 15.8. The van der Waals surface area contributed by atoms with Crippen LogP contribution in [0.5, 0.6) is 0 Å². The van der Waals surface area contributed by atoms with Crippen LogP contribution in [-0.4, -0.2) is 38.6 Å². The number of hydrogen-bond acceptors (Lipinski definition) is 5. The zero-order chi connectivity index (χ0) is 18.4. The highest BCUT2D eigenvalue weighted by Gasteiger charge is 2.38. The van der Waals surface area contributed by atoms with Gasteiger partial charge in [0.05, 0.1) is 0 Å². The molecular weight excluding hydrogens is 344 g/mol. The minimum absolute atomic E-state index is 0.142.